The first-order valence-corrected chi connectivity index (χ1v) is 8.90. The second-order valence-corrected chi connectivity index (χ2v) is 6.52. The zero-order valence-electron chi connectivity index (χ0n) is 14.8. The lowest BCUT2D eigenvalue weighted by atomic mass is 9.98. The van der Waals surface area contributed by atoms with E-state index in [1.54, 1.807) is 0 Å². The Labute approximate surface area is 159 Å². The summed E-state index contributed by atoms with van der Waals surface area (Å²) in [6.07, 6.45) is 4.98. The molecule has 0 aromatic heterocycles. The van der Waals surface area contributed by atoms with Gasteiger partial charge in [-0.25, -0.2) is 4.79 Å². The number of rotatable bonds is 4. The first-order valence-electron chi connectivity index (χ1n) is 8.90. The molecule has 0 fully saturated rings. The molecular formula is C24H19NO2. The van der Waals surface area contributed by atoms with Gasteiger partial charge in [-0.05, 0) is 39.9 Å². The first kappa shape index (κ1) is 16.9. The monoisotopic (exact) mass is 353 g/mol. The zero-order valence-corrected chi connectivity index (χ0v) is 14.8. The molecule has 0 heterocycles. The van der Waals surface area contributed by atoms with E-state index in [1.807, 2.05) is 48.5 Å². The number of benzene rings is 3. The average molecular weight is 353 g/mol. The van der Waals surface area contributed by atoms with Crippen molar-refractivity contribution in [3.63, 3.8) is 0 Å². The van der Waals surface area contributed by atoms with Crippen molar-refractivity contribution in [3.05, 3.63) is 95.1 Å². The van der Waals surface area contributed by atoms with E-state index in [1.165, 1.54) is 22.3 Å². The fourth-order valence-corrected chi connectivity index (χ4v) is 3.59. The Morgan fingerprint density at radius 2 is 1.63 bits per heavy atom. The molecule has 0 aliphatic heterocycles. The number of amides is 1. The maximum absolute atomic E-state index is 12.2. The van der Waals surface area contributed by atoms with Crippen molar-refractivity contribution in [2.24, 2.45) is 0 Å². The molecule has 3 nitrogen and oxygen atoms in total. The molecule has 0 saturated carbocycles. The summed E-state index contributed by atoms with van der Waals surface area (Å²) in [5.74, 6) is 2.65. The van der Waals surface area contributed by atoms with Crippen LogP contribution in [0.1, 0.15) is 28.2 Å². The van der Waals surface area contributed by atoms with Gasteiger partial charge in [0.15, 0.2) is 0 Å². The van der Waals surface area contributed by atoms with E-state index in [0.29, 0.717) is 13.2 Å². The minimum Gasteiger partial charge on any atom is -0.449 e. The van der Waals surface area contributed by atoms with Crippen molar-refractivity contribution >= 4 is 6.09 Å². The van der Waals surface area contributed by atoms with Crippen LogP contribution in [-0.2, 0) is 11.3 Å². The summed E-state index contributed by atoms with van der Waals surface area (Å²) >= 11 is 0. The van der Waals surface area contributed by atoms with Gasteiger partial charge >= 0.3 is 6.09 Å². The molecule has 27 heavy (non-hydrogen) atoms. The van der Waals surface area contributed by atoms with Gasteiger partial charge in [-0.1, -0.05) is 66.6 Å². The van der Waals surface area contributed by atoms with Gasteiger partial charge in [-0.2, -0.15) is 0 Å². The van der Waals surface area contributed by atoms with Gasteiger partial charge in [0, 0.05) is 18.0 Å². The fourth-order valence-electron chi connectivity index (χ4n) is 3.59. The molecule has 1 amide bonds. The molecule has 0 bridgehead atoms. The van der Waals surface area contributed by atoms with Crippen LogP contribution in [-0.4, -0.2) is 12.7 Å². The summed E-state index contributed by atoms with van der Waals surface area (Å²) in [4.78, 5) is 12.2. The maximum Gasteiger partial charge on any atom is 0.407 e. The molecule has 4 rings (SSSR count). The number of terminal acetylenes is 1. The Morgan fingerprint density at radius 1 is 0.963 bits per heavy atom. The molecular weight excluding hydrogens is 334 g/mol. The number of fused-ring (bicyclic) bond motifs is 3. The number of carbonyl (C=O) groups is 1. The molecule has 3 aromatic rings. The highest BCUT2D eigenvalue weighted by atomic mass is 16.5. The number of nitrogens with one attached hydrogen (secondary N) is 1. The smallest absolute Gasteiger partial charge is 0.407 e. The predicted octanol–water partition coefficient (Wildman–Crippen LogP) is 4.71. The van der Waals surface area contributed by atoms with Gasteiger partial charge in [0.25, 0.3) is 0 Å². The quantitative estimate of drug-likeness (QED) is 0.690. The van der Waals surface area contributed by atoms with Gasteiger partial charge in [-0.3, -0.25) is 0 Å². The third-order valence-electron chi connectivity index (χ3n) is 4.87. The number of hydrogen-bond acceptors (Lipinski definition) is 2. The molecule has 3 aromatic carbocycles. The Balaban J connectivity index is 1.41. The molecule has 1 aliphatic rings. The van der Waals surface area contributed by atoms with Crippen molar-refractivity contribution in [2.75, 3.05) is 6.61 Å². The van der Waals surface area contributed by atoms with Gasteiger partial charge in [0.1, 0.15) is 6.61 Å². The minimum absolute atomic E-state index is 0.0629. The third-order valence-corrected chi connectivity index (χ3v) is 4.87. The fraction of sp³-hybridized carbons (Fsp3) is 0.125. The van der Waals surface area contributed by atoms with Crippen LogP contribution in [0.4, 0.5) is 4.79 Å². The van der Waals surface area contributed by atoms with E-state index in [4.69, 9.17) is 11.2 Å². The van der Waals surface area contributed by atoms with Gasteiger partial charge in [0.2, 0.25) is 0 Å². The van der Waals surface area contributed by atoms with Crippen molar-refractivity contribution in [1.82, 2.24) is 5.32 Å². The third kappa shape index (κ3) is 3.43. The zero-order chi connectivity index (χ0) is 18.6. The molecule has 1 N–H and O–H groups in total. The largest absolute Gasteiger partial charge is 0.449 e. The Kier molecular flexibility index (Phi) is 4.63. The number of carbonyl (C=O) groups excluding carboxylic acids is 1. The van der Waals surface area contributed by atoms with Crippen LogP contribution in [0.5, 0.6) is 0 Å². The second kappa shape index (κ2) is 7.39. The van der Waals surface area contributed by atoms with Crippen LogP contribution in [0.3, 0.4) is 0 Å². The predicted molar refractivity (Wildman–Crippen MR) is 106 cm³/mol. The van der Waals surface area contributed by atoms with Gasteiger partial charge in [-0.15, -0.1) is 6.42 Å². The molecule has 0 saturated heterocycles. The molecule has 0 atom stereocenters. The topological polar surface area (TPSA) is 38.3 Å². The summed E-state index contributed by atoms with van der Waals surface area (Å²) in [6.45, 7) is 0.691. The highest BCUT2D eigenvalue weighted by molar-refractivity contribution is 5.79. The van der Waals surface area contributed by atoms with Gasteiger partial charge < -0.3 is 10.1 Å². The summed E-state index contributed by atoms with van der Waals surface area (Å²) in [5.41, 5.74) is 6.57. The molecule has 0 spiro atoms. The van der Waals surface area contributed by atoms with E-state index < -0.39 is 6.09 Å². The Bertz CT molecular complexity index is 987. The van der Waals surface area contributed by atoms with E-state index in [-0.39, 0.29) is 5.92 Å². The number of ether oxygens (including phenoxy) is 1. The summed E-state index contributed by atoms with van der Waals surface area (Å²) < 4.78 is 5.53. The van der Waals surface area contributed by atoms with Crippen LogP contribution in [0.2, 0.25) is 0 Å². The highest BCUT2D eigenvalue weighted by Gasteiger charge is 2.28. The molecule has 0 radical (unpaired) electrons. The SMILES string of the molecule is C#Cc1cccc(CNC(=O)OCC2c3ccccc3-c3ccccc32)c1. The Hall–Kier alpha value is -3.51. The average Bonchev–Trinajstić information content (AvgIpc) is 3.05. The van der Waals surface area contributed by atoms with Crippen molar-refractivity contribution in [1.29, 1.82) is 0 Å². The summed E-state index contributed by atoms with van der Waals surface area (Å²) in [7, 11) is 0. The molecule has 132 valence electrons. The number of alkyl carbamates (subject to hydrolysis) is 1. The van der Waals surface area contributed by atoms with Crippen LogP contribution in [0.15, 0.2) is 72.8 Å². The number of hydrogen-bond donors (Lipinski definition) is 1. The lowest BCUT2D eigenvalue weighted by Gasteiger charge is -2.14. The van der Waals surface area contributed by atoms with E-state index in [2.05, 4.69) is 35.5 Å². The van der Waals surface area contributed by atoms with E-state index in [0.717, 1.165) is 11.1 Å². The van der Waals surface area contributed by atoms with Crippen LogP contribution in [0.25, 0.3) is 11.1 Å². The van der Waals surface area contributed by atoms with E-state index in [9.17, 15) is 4.79 Å². The second-order valence-electron chi connectivity index (χ2n) is 6.52. The summed E-state index contributed by atoms with van der Waals surface area (Å²) in [6, 6.07) is 24.1. The molecule has 1 aliphatic carbocycles. The van der Waals surface area contributed by atoms with Crippen LogP contribution >= 0.6 is 0 Å². The first-order chi connectivity index (χ1) is 13.3. The maximum atomic E-state index is 12.2. The minimum atomic E-state index is -0.428. The standard InChI is InChI=1S/C24H19NO2/c1-2-17-8-7-9-18(14-17)15-25-24(26)27-16-23-21-12-5-3-10-19(21)20-11-4-6-13-22(20)23/h1,3-14,23H,15-16H2,(H,25,26). The van der Waals surface area contributed by atoms with E-state index >= 15 is 0 Å². The lowest BCUT2D eigenvalue weighted by molar-refractivity contribution is 0.142. The molecule has 3 heteroatoms. The summed E-state index contributed by atoms with van der Waals surface area (Å²) in [5, 5.41) is 2.79. The highest BCUT2D eigenvalue weighted by Crippen LogP contribution is 2.44. The van der Waals surface area contributed by atoms with Crippen molar-refractivity contribution in [3.8, 4) is 23.5 Å². The van der Waals surface area contributed by atoms with Crippen molar-refractivity contribution < 1.29 is 9.53 Å². The molecule has 0 unspecified atom stereocenters. The van der Waals surface area contributed by atoms with Crippen LogP contribution in [0, 0.1) is 12.3 Å². The normalized spacial score (nSPS) is 12.0. The Morgan fingerprint density at radius 3 is 2.30 bits per heavy atom. The van der Waals surface area contributed by atoms with Crippen LogP contribution < -0.4 is 5.32 Å². The van der Waals surface area contributed by atoms with Crippen molar-refractivity contribution in [2.45, 2.75) is 12.5 Å². The lowest BCUT2D eigenvalue weighted by Crippen LogP contribution is -2.25. The van der Waals surface area contributed by atoms with Gasteiger partial charge in [0.05, 0.1) is 0 Å².